The molecule has 0 aliphatic carbocycles. The average Bonchev–Trinajstić information content (AvgIpc) is 2.87. The van der Waals surface area contributed by atoms with Crippen molar-refractivity contribution in [2.75, 3.05) is 6.54 Å². The minimum Gasteiger partial charge on any atom is -0.329 e. The summed E-state index contributed by atoms with van der Waals surface area (Å²) < 4.78 is 1.59. The van der Waals surface area contributed by atoms with Crippen LogP contribution in [0.5, 0.6) is 0 Å². The van der Waals surface area contributed by atoms with Gasteiger partial charge in [0, 0.05) is 13.0 Å². The van der Waals surface area contributed by atoms with Gasteiger partial charge in [-0.25, -0.2) is 0 Å². The van der Waals surface area contributed by atoms with E-state index in [1.807, 2.05) is 12.1 Å². The normalized spacial score (nSPS) is 11.6. The molecule has 0 spiro atoms. The van der Waals surface area contributed by atoms with E-state index in [1.54, 1.807) is 10.9 Å². The minimum absolute atomic E-state index is 0.0261. The first-order valence-corrected chi connectivity index (χ1v) is 7.13. The molecule has 112 valence electrons. The van der Waals surface area contributed by atoms with E-state index in [9.17, 15) is 4.79 Å². The number of hydrogen-bond acceptors (Lipinski definition) is 4. The van der Waals surface area contributed by atoms with Crippen molar-refractivity contribution in [3.05, 3.63) is 47.3 Å². The third-order valence-corrected chi connectivity index (χ3v) is 3.37. The summed E-state index contributed by atoms with van der Waals surface area (Å²) >= 11 is 0. The number of rotatable bonds is 5. The Labute approximate surface area is 125 Å². The lowest BCUT2D eigenvalue weighted by Crippen LogP contribution is -2.11. The van der Waals surface area contributed by atoms with E-state index in [1.165, 1.54) is 5.56 Å². The van der Waals surface area contributed by atoms with Gasteiger partial charge in [-0.15, -0.1) is 5.10 Å². The number of carbonyl (C=O) groups excluding carboxylic acids is 1. The van der Waals surface area contributed by atoms with Crippen LogP contribution in [-0.2, 0) is 18.4 Å². The zero-order valence-electron chi connectivity index (χ0n) is 12.8. The summed E-state index contributed by atoms with van der Waals surface area (Å²) in [4.78, 5) is 12.2. The van der Waals surface area contributed by atoms with Gasteiger partial charge in [0.05, 0.1) is 12.7 Å². The number of benzene rings is 1. The van der Waals surface area contributed by atoms with E-state index in [0.29, 0.717) is 25.2 Å². The standard InChI is InChI=1S/C16H22N4O/c1-16(2,3)13-6-4-12(5-7-13)10-15(21)14-11-20(9-8-17)19-18-14/h4-7,11H,8-10,17H2,1-3H3. The van der Waals surface area contributed by atoms with Crippen LogP contribution >= 0.6 is 0 Å². The molecule has 2 rings (SSSR count). The lowest BCUT2D eigenvalue weighted by molar-refractivity contribution is 0.0988. The predicted molar refractivity (Wildman–Crippen MR) is 82.3 cm³/mol. The molecule has 0 saturated carbocycles. The summed E-state index contributed by atoms with van der Waals surface area (Å²) in [7, 11) is 0. The van der Waals surface area contributed by atoms with E-state index in [-0.39, 0.29) is 11.2 Å². The molecule has 0 unspecified atom stereocenters. The Kier molecular flexibility index (Phi) is 4.53. The van der Waals surface area contributed by atoms with Gasteiger partial charge in [0.2, 0.25) is 0 Å². The van der Waals surface area contributed by atoms with E-state index >= 15 is 0 Å². The van der Waals surface area contributed by atoms with Crippen molar-refractivity contribution in [1.29, 1.82) is 0 Å². The molecule has 0 saturated heterocycles. The third kappa shape index (κ3) is 3.98. The quantitative estimate of drug-likeness (QED) is 0.853. The number of Topliss-reactive ketones (excluding diaryl/α,β-unsaturated/α-hetero) is 1. The van der Waals surface area contributed by atoms with Crippen molar-refractivity contribution in [2.24, 2.45) is 5.73 Å². The maximum absolute atomic E-state index is 12.2. The Morgan fingerprint density at radius 2 is 1.90 bits per heavy atom. The Morgan fingerprint density at radius 1 is 1.24 bits per heavy atom. The summed E-state index contributed by atoms with van der Waals surface area (Å²) in [5, 5.41) is 7.78. The summed E-state index contributed by atoms with van der Waals surface area (Å²) in [6.07, 6.45) is 1.99. The molecule has 0 radical (unpaired) electrons. The second-order valence-corrected chi connectivity index (χ2v) is 6.20. The van der Waals surface area contributed by atoms with Crippen molar-refractivity contribution in [3.63, 3.8) is 0 Å². The highest BCUT2D eigenvalue weighted by atomic mass is 16.1. The van der Waals surface area contributed by atoms with Crippen molar-refractivity contribution in [1.82, 2.24) is 15.0 Å². The van der Waals surface area contributed by atoms with Crippen molar-refractivity contribution in [2.45, 2.75) is 39.2 Å². The molecule has 5 nitrogen and oxygen atoms in total. The van der Waals surface area contributed by atoms with E-state index in [0.717, 1.165) is 5.56 Å². The zero-order valence-corrected chi connectivity index (χ0v) is 12.8. The summed E-state index contributed by atoms with van der Waals surface area (Å²) in [5.41, 5.74) is 8.20. The molecule has 0 amide bonds. The van der Waals surface area contributed by atoms with Crippen LogP contribution in [0, 0.1) is 0 Å². The summed E-state index contributed by atoms with van der Waals surface area (Å²) in [6.45, 7) is 7.56. The van der Waals surface area contributed by atoms with Crippen LogP contribution in [0.4, 0.5) is 0 Å². The second kappa shape index (κ2) is 6.18. The first-order chi connectivity index (χ1) is 9.90. The zero-order chi connectivity index (χ0) is 15.5. The Morgan fingerprint density at radius 3 is 2.48 bits per heavy atom. The number of ketones is 1. The van der Waals surface area contributed by atoms with Crippen LogP contribution in [0.2, 0.25) is 0 Å². The highest BCUT2D eigenvalue weighted by Crippen LogP contribution is 2.22. The monoisotopic (exact) mass is 286 g/mol. The maximum Gasteiger partial charge on any atom is 0.189 e. The highest BCUT2D eigenvalue weighted by molar-refractivity contribution is 5.95. The molecule has 0 fully saturated rings. The first-order valence-electron chi connectivity index (χ1n) is 7.13. The SMILES string of the molecule is CC(C)(C)c1ccc(CC(=O)c2cn(CCN)nn2)cc1. The van der Waals surface area contributed by atoms with Gasteiger partial charge in [0.15, 0.2) is 5.78 Å². The molecular formula is C16H22N4O. The van der Waals surface area contributed by atoms with Crippen LogP contribution in [0.25, 0.3) is 0 Å². The molecule has 0 bridgehead atoms. The van der Waals surface area contributed by atoms with Crippen molar-refractivity contribution in [3.8, 4) is 0 Å². The van der Waals surface area contributed by atoms with Crippen molar-refractivity contribution < 1.29 is 4.79 Å². The molecule has 5 heteroatoms. The molecule has 0 aliphatic heterocycles. The van der Waals surface area contributed by atoms with Crippen LogP contribution < -0.4 is 5.73 Å². The molecule has 2 aromatic rings. The molecule has 2 N–H and O–H groups in total. The number of aromatic nitrogens is 3. The minimum atomic E-state index is -0.0261. The van der Waals surface area contributed by atoms with Crippen LogP contribution in [-0.4, -0.2) is 27.3 Å². The molecule has 1 aromatic heterocycles. The smallest absolute Gasteiger partial charge is 0.189 e. The fourth-order valence-corrected chi connectivity index (χ4v) is 2.07. The van der Waals surface area contributed by atoms with Gasteiger partial charge in [0.1, 0.15) is 5.69 Å². The Balaban J connectivity index is 2.05. The highest BCUT2D eigenvalue weighted by Gasteiger charge is 2.15. The van der Waals surface area contributed by atoms with Gasteiger partial charge in [-0.2, -0.15) is 0 Å². The van der Waals surface area contributed by atoms with Gasteiger partial charge in [0.25, 0.3) is 0 Å². The van der Waals surface area contributed by atoms with E-state index in [4.69, 9.17) is 5.73 Å². The third-order valence-electron chi connectivity index (χ3n) is 3.37. The van der Waals surface area contributed by atoms with Crippen LogP contribution in [0.3, 0.4) is 0 Å². The van der Waals surface area contributed by atoms with E-state index < -0.39 is 0 Å². The van der Waals surface area contributed by atoms with Gasteiger partial charge in [-0.05, 0) is 16.5 Å². The van der Waals surface area contributed by atoms with Gasteiger partial charge in [-0.3, -0.25) is 9.48 Å². The fourth-order valence-electron chi connectivity index (χ4n) is 2.07. The topological polar surface area (TPSA) is 73.8 Å². The molecule has 1 heterocycles. The number of hydrogen-bond donors (Lipinski definition) is 1. The first kappa shape index (κ1) is 15.4. The summed E-state index contributed by atoms with van der Waals surface area (Å²) in [5.74, 6) is -0.0261. The largest absolute Gasteiger partial charge is 0.329 e. The number of carbonyl (C=O) groups is 1. The molecule has 0 atom stereocenters. The number of nitrogens with zero attached hydrogens (tertiary/aromatic N) is 3. The molecule has 0 aliphatic rings. The molecular weight excluding hydrogens is 264 g/mol. The predicted octanol–water partition coefficient (Wildman–Crippen LogP) is 1.96. The van der Waals surface area contributed by atoms with E-state index in [2.05, 4.69) is 43.2 Å². The molecule has 21 heavy (non-hydrogen) atoms. The van der Waals surface area contributed by atoms with Gasteiger partial charge >= 0.3 is 0 Å². The molecule has 1 aromatic carbocycles. The van der Waals surface area contributed by atoms with Crippen LogP contribution in [0.15, 0.2) is 30.5 Å². The van der Waals surface area contributed by atoms with Gasteiger partial charge in [-0.1, -0.05) is 50.3 Å². The van der Waals surface area contributed by atoms with Crippen molar-refractivity contribution >= 4 is 5.78 Å². The lowest BCUT2D eigenvalue weighted by Gasteiger charge is -2.19. The average molecular weight is 286 g/mol. The lowest BCUT2D eigenvalue weighted by atomic mass is 9.86. The van der Waals surface area contributed by atoms with Crippen LogP contribution in [0.1, 0.15) is 42.4 Å². The fraction of sp³-hybridized carbons (Fsp3) is 0.438. The van der Waals surface area contributed by atoms with Gasteiger partial charge < -0.3 is 5.73 Å². The second-order valence-electron chi connectivity index (χ2n) is 6.20. The maximum atomic E-state index is 12.2. The Bertz CT molecular complexity index is 608. The number of nitrogens with two attached hydrogens (primary N) is 1. The summed E-state index contributed by atoms with van der Waals surface area (Å²) in [6, 6.07) is 8.16. The Hall–Kier alpha value is -2.01.